The molecule has 0 saturated carbocycles. The average Bonchev–Trinajstić information content (AvgIpc) is 3.58. The number of likely N-dealkylation sites (tertiary alicyclic amines) is 1. The van der Waals surface area contributed by atoms with Gasteiger partial charge in [0.25, 0.3) is 5.91 Å². The van der Waals surface area contributed by atoms with Crippen molar-refractivity contribution in [3.05, 3.63) is 71.2 Å². The molecule has 9 heteroatoms. The molecule has 3 heterocycles. The van der Waals surface area contributed by atoms with Gasteiger partial charge in [0.05, 0.1) is 6.10 Å². The fourth-order valence-electron chi connectivity index (χ4n) is 4.43. The summed E-state index contributed by atoms with van der Waals surface area (Å²) in [7, 11) is 0. The minimum atomic E-state index is -0.897. The maximum Gasteiger partial charge on any atom is 0.271 e. The Bertz CT molecular complexity index is 1210. The molecule has 0 aliphatic carbocycles. The molecule has 8 nitrogen and oxygen atoms in total. The lowest BCUT2D eigenvalue weighted by Gasteiger charge is -2.27. The molecule has 0 bridgehead atoms. The van der Waals surface area contributed by atoms with Crippen LogP contribution in [0.2, 0.25) is 0 Å². The Hall–Kier alpha value is -3.56. The van der Waals surface area contributed by atoms with Gasteiger partial charge in [-0.1, -0.05) is 42.5 Å². The monoisotopic (exact) mass is 477 g/mol. The average molecular weight is 478 g/mol. The number of aromatic nitrogens is 1. The number of fused-ring (bicyclic) bond motifs is 1. The fourth-order valence-corrected chi connectivity index (χ4v) is 5.24. The number of phenols is 1. The van der Waals surface area contributed by atoms with E-state index in [1.807, 2.05) is 30.3 Å². The maximum atomic E-state index is 13.5. The van der Waals surface area contributed by atoms with Gasteiger partial charge in [0.2, 0.25) is 5.91 Å². The molecule has 0 radical (unpaired) electrons. The smallest absolute Gasteiger partial charge is 0.271 e. The molecule has 174 valence electrons. The molecule has 34 heavy (non-hydrogen) atoms. The number of hydrogen-bond acceptors (Lipinski definition) is 7. The van der Waals surface area contributed by atoms with Crippen molar-refractivity contribution in [1.82, 2.24) is 15.2 Å². The van der Waals surface area contributed by atoms with Gasteiger partial charge >= 0.3 is 0 Å². The van der Waals surface area contributed by atoms with Crippen LogP contribution < -0.4 is 5.32 Å². The zero-order valence-electron chi connectivity index (χ0n) is 18.2. The Kier molecular flexibility index (Phi) is 6.12. The first-order valence-electron chi connectivity index (χ1n) is 11.0. The molecule has 2 saturated heterocycles. The summed E-state index contributed by atoms with van der Waals surface area (Å²) < 4.78 is 5.51. The van der Waals surface area contributed by atoms with Crippen LogP contribution in [-0.4, -0.2) is 63.9 Å². The predicted octanol–water partition coefficient (Wildman–Crippen LogP) is 2.43. The number of ether oxygens (including phenoxy) is 1. The third-order valence-electron chi connectivity index (χ3n) is 6.13. The second-order valence-electron chi connectivity index (χ2n) is 8.38. The van der Waals surface area contributed by atoms with E-state index in [0.717, 1.165) is 11.1 Å². The van der Waals surface area contributed by atoms with Crippen LogP contribution in [0.5, 0.6) is 5.75 Å². The van der Waals surface area contributed by atoms with E-state index in [4.69, 9.17) is 4.74 Å². The molecule has 2 fully saturated rings. The molecule has 3 unspecified atom stereocenters. The van der Waals surface area contributed by atoms with Crippen LogP contribution >= 0.6 is 11.3 Å². The highest BCUT2D eigenvalue weighted by molar-refractivity contribution is 7.13. The number of nitrogens with zero attached hydrogens (tertiary/aromatic N) is 2. The van der Waals surface area contributed by atoms with Gasteiger partial charge in [-0.25, -0.2) is 4.98 Å². The number of carbonyl (C=O) groups is 3. The molecule has 1 aromatic heterocycles. The van der Waals surface area contributed by atoms with Gasteiger partial charge in [0.1, 0.15) is 35.1 Å². The van der Waals surface area contributed by atoms with Crippen molar-refractivity contribution in [2.45, 2.75) is 31.0 Å². The number of Topliss-reactive ketones (excluding diaryl/α,β-unsaturated/α-hetero) is 1. The number of benzene rings is 2. The van der Waals surface area contributed by atoms with Gasteiger partial charge in [-0.2, -0.15) is 0 Å². The van der Waals surface area contributed by atoms with E-state index < -0.39 is 18.0 Å². The van der Waals surface area contributed by atoms with Crippen molar-refractivity contribution >= 4 is 28.9 Å². The van der Waals surface area contributed by atoms with Crippen molar-refractivity contribution in [2.24, 2.45) is 0 Å². The molecule has 3 aromatic rings. The highest BCUT2D eigenvalue weighted by Crippen LogP contribution is 2.28. The van der Waals surface area contributed by atoms with E-state index in [0.29, 0.717) is 18.0 Å². The molecular weight excluding hydrogens is 454 g/mol. The van der Waals surface area contributed by atoms with Gasteiger partial charge in [-0.3, -0.25) is 14.4 Å². The standard InChI is InChI=1S/C25H23N3O5S/c29-17-8-6-15(7-9-17)12-18(25(32)28-11-10-21-22(28)20(30)13-33-21)26-23(31)19-14-34-24(27-19)16-4-2-1-3-5-16/h1-9,14,18,21-22,29H,10-13H2,(H,26,31). The number of nitrogens with one attached hydrogen (secondary N) is 1. The van der Waals surface area contributed by atoms with Crippen LogP contribution in [0.25, 0.3) is 10.6 Å². The van der Waals surface area contributed by atoms with Crippen LogP contribution in [0.15, 0.2) is 60.0 Å². The number of phenolic OH excluding ortho intramolecular Hbond substituents is 1. The van der Waals surface area contributed by atoms with Crippen LogP contribution in [0.4, 0.5) is 0 Å². The number of hydrogen-bond donors (Lipinski definition) is 2. The molecular formula is C25H23N3O5S. The number of carbonyl (C=O) groups excluding carboxylic acids is 3. The van der Waals surface area contributed by atoms with Crippen molar-refractivity contribution < 1.29 is 24.2 Å². The Morgan fingerprint density at radius 3 is 2.71 bits per heavy atom. The van der Waals surface area contributed by atoms with E-state index >= 15 is 0 Å². The van der Waals surface area contributed by atoms with Crippen LogP contribution in [0, 0.1) is 0 Å². The minimum absolute atomic E-state index is 0.00911. The number of thiazole rings is 1. The van der Waals surface area contributed by atoms with Crippen molar-refractivity contribution in [3.63, 3.8) is 0 Å². The van der Waals surface area contributed by atoms with Crippen molar-refractivity contribution in [2.75, 3.05) is 13.2 Å². The summed E-state index contributed by atoms with van der Waals surface area (Å²) in [5.74, 6) is -0.785. The second-order valence-corrected chi connectivity index (χ2v) is 9.24. The number of aromatic hydroxyl groups is 1. The molecule has 2 N–H and O–H groups in total. The normalized spacial score (nSPS) is 20.2. The van der Waals surface area contributed by atoms with Gasteiger partial charge < -0.3 is 20.1 Å². The molecule has 3 atom stereocenters. The SMILES string of the molecule is O=C(NC(Cc1ccc(O)cc1)C(=O)N1CCC2OCC(=O)C21)c1csc(-c2ccccc2)n1. The largest absolute Gasteiger partial charge is 0.508 e. The molecule has 2 amide bonds. The van der Waals surface area contributed by atoms with Gasteiger partial charge in [-0.15, -0.1) is 11.3 Å². The fraction of sp³-hybridized carbons (Fsp3) is 0.280. The molecule has 0 spiro atoms. The molecule has 2 aromatic carbocycles. The Balaban J connectivity index is 1.37. The summed E-state index contributed by atoms with van der Waals surface area (Å²) in [5.41, 5.74) is 1.91. The van der Waals surface area contributed by atoms with E-state index in [1.54, 1.807) is 17.5 Å². The molecule has 2 aliphatic heterocycles. The first-order chi connectivity index (χ1) is 16.5. The second kappa shape index (κ2) is 9.36. The van der Waals surface area contributed by atoms with Crippen LogP contribution in [0.3, 0.4) is 0 Å². The first kappa shape index (κ1) is 22.2. The van der Waals surface area contributed by atoms with Crippen molar-refractivity contribution in [1.29, 1.82) is 0 Å². The predicted molar refractivity (Wildman–Crippen MR) is 125 cm³/mol. The lowest BCUT2D eigenvalue weighted by molar-refractivity contribution is -0.138. The van der Waals surface area contributed by atoms with Crippen molar-refractivity contribution in [3.8, 4) is 16.3 Å². The summed E-state index contributed by atoms with van der Waals surface area (Å²) >= 11 is 1.35. The lowest BCUT2D eigenvalue weighted by Crippen LogP contribution is -2.53. The highest BCUT2D eigenvalue weighted by Gasteiger charge is 2.48. The van der Waals surface area contributed by atoms with Crippen LogP contribution in [-0.2, 0) is 20.7 Å². The van der Waals surface area contributed by atoms with Gasteiger partial charge in [-0.05, 0) is 24.1 Å². The number of rotatable bonds is 6. The van der Waals surface area contributed by atoms with Gasteiger partial charge in [0, 0.05) is 23.9 Å². The van der Waals surface area contributed by atoms with E-state index in [9.17, 15) is 19.5 Å². The third-order valence-corrected chi connectivity index (χ3v) is 7.02. The summed E-state index contributed by atoms with van der Waals surface area (Å²) in [6, 6.07) is 14.5. The zero-order chi connectivity index (χ0) is 23.7. The van der Waals surface area contributed by atoms with Crippen LogP contribution in [0.1, 0.15) is 22.5 Å². The topological polar surface area (TPSA) is 109 Å². The van der Waals surface area contributed by atoms with E-state index in [-0.39, 0.29) is 42.3 Å². The summed E-state index contributed by atoms with van der Waals surface area (Å²) in [6.07, 6.45) is 0.520. The zero-order valence-corrected chi connectivity index (χ0v) is 19.0. The quantitative estimate of drug-likeness (QED) is 0.565. The lowest BCUT2D eigenvalue weighted by atomic mass is 10.0. The summed E-state index contributed by atoms with van der Waals surface area (Å²) in [6.45, 7) is 0.409. The summed E-state index contributed by atoms with van der Waals surface area (Å²) in [4.78, 5) is 44.9. The third kappa shape index (κ3) is 4.44. The van der Waals surface area contributed by atoms with Gasteiger partial charge in [0.15, 0.2) is 5.78 Å². The molecule has 2 aliphatic rings. The maximum absolute atomic E-state index is 13.5. The minimum Gasteiger partial charge on any atom is -0.508 e. The van der Waals surface area contributed by atoms with E-state index in [1.165, 1.54) is 28.4 Å². The first-order valence-corrected chi connectivity index (χ1v) is 11.9. The Labute approximate surface area is 200 Å². The number of ketones is 1. The Morgan fingerprint density at radius 1 is 1.18 bits per heavy atom. The number of amides is 2. The highest BCUT2D eigenvalue weighted by atomic mass is 32.1. The van der Waals surface area contributed by atoms with E-state index in [2.05, 4.69) is 10.3 Å². The summed E-state index contributed by atoms with van der Waals surface area (Å²) in [5, 5.41) is 14.8. The molecule has 5 rings (SSSR count). The Morgan fingerprint density at radius 2 is 1.94 bits per heavy atom.